The fraction of sp³-hybridized carbons (Fsp3) is 0.262. The fourth-order valence-electron chi connectivity index (χ4n) is 9.45. The van der Waals surface area contributed by atoms with Crippen LogP contribution in [0.4, 0.5) is 4.39 Å². The third-order valence-electron chi connectivity index (χ3n) is 13.7. The van der Waals surface area contributed by atoms with Crippen LogP contribution in [0.2, 0.25) is 19.6 Å². The number of para-hydroxylation sites is 2. The molecule has 4 nitrogen and oxygen atoms in total. The molecule has 10 aromatic rings. The van der Waals surface area contributed by atoms with E-state index in [0.717, 1.165) is 66.7 Å². The molecule has 0 saturated carbocycles. The smallest absolute Gasteiger partial charge is 0.123 e. The molecule has 0 bridgehead atoms. The molecular formula is C65H66FIrN3OSi-2. The van der Waals surface area contributed by atoms with Crippen LogP contribution >= 0.6 is 0 Å². The van der Waals surface area contributed by atoms with Gasteiger partial charge in [-0.2, -0.15) is 0 Å². The van der Waals surface area contributed by atoms with Crippen LogP contribution in [0.5, 0.6) is 0 Å². The van der Waals surface area contributed by atoms with Gasteiger partial charge in [0.1, 0.15) is 11.4 Å². The molecule has 0 amide bonds. The number of rotatable bonds is 8. The quantitative estimate of drug-likeness (QED) is 0.112. The predicted molar refractivity (Wildman–Crippen MR) is 301 cm³/mol. The van der Waals surface area contributed by atoms with E-state index < -0.39 is 8.07 Å². The van der Waals surface area contributed by atoms with Crippen molar-refractivity contribution in [3.05, 3.63) is 192 Å². The van der Waals surface area contributed by atoms with Gasteiger partial charge in [-0.25, -0.2) is 4.39 Å². The number of hydrogen-bond donors (Lipinski definition) is 0. The summed E-state index contributed by atoms with van der Waals surface area (Å²) >= 11 is 0. The maximum Gasteiger partial charge on any atom is 0.123 e. The Morgan fingerprint density at radius 2 is 1.25 bits per heavy atom. The van der Waals surface area contributed by atoms with Crippen LogP contribution in [-0.4, -0.2) is 22.6 Å². The minimum absolute atomic E-state index is 0. The van der Waals surface area contributed by atoms with Gasteiger partial charge < -0.3 is 14.0 Å². The largest absolute Gasteiger partial charge is 0.501 e. The molecule has 7 heteroatoms. The number of halogens is 1. The molecule has 3 heterocycles. The van der Waals surface area contributed by atoms with E-state index >= 15 is 0 Å². The van der Waals surface area contributed by atoms with Crippen molar-refractivity contribution in [2.24, 2.45) is 0 Å². The van der Waals surface area contributed by atoms with E-state index in [4.69, 9.17) is 9.40 Å². The summed E-state index contributed by atoms with van der Waals surface area (Å²) in [5.41, 5.74) is 17.1. The Labute approximate surface area is 441 Å². The maximum absolute atomic E-state index is 14.1. The molecule has 0 aliphatic carbocycles. The van der Waals surface area contributed by atoms with Crippen molar-refractivity contribution in [1.82, 2.24) is 14.5 Å². The van der Waals surface area contributed by atoms with E-state index in [-0.39, 0.29) is 48.6 Å². The Morgan fingerprint density at radius 1 is 0.611 bits per heavy atom. The first-order valence-corrected chi connectivity index (χ1v) is 28.5. The van der Waals surface area contributed by atoms with E-state index in [1.54, 1.807) is 12.1 Å². The van der Waals surface area contributed by atoms with E-state index in [1.165, 1.54) is 50.3 Å². The molecule has 0 aliphatic heterocycles. The number of imidazole rings is 1. The first-order valence-electron chi connectivity index (χ1n) is 25.0. The summed E-state index contributed by atoms with van der Waals surface area (Å²) in [6, 6.07) is 56.6. The zero-order chi connectivity index (χ0) is 50.6. The van der Waals surface area contributed by atoms with Crippen molar-refractivity contribution < 1.29 is 28.9 Å². The minimum Gasteiger partial charge on any atom is -0.501 e. The summed E-state index contributed by atoms with van der Waals surface area (Å²) in [6.07, 6.45) is 1.90. The van der Waals surface area contributed by atoms with E-state index in [0.29, 0.717) is 0 Å². The molecule has 1 radical (unpaired) electrons. The third-order valence-corrected chi connectivity index (χ3v) is 15.7. The van der Waals surface area contributed by atoms with Crippen molar-refractivity contribution in [3.8, 4) is 50.6 Å². The molecule has 3 aromatic heterocycles. The van der Waals surface area contributed by atoms with Gasteiger partial charge >= 0.3 is 0 Å². The van der Waals surface area contributed by atoms with Crippen molar-refractivity contribution in [3.63, 3.8) is 0 Å². The topological polar surface area (TPSA) is 43.9 Å². The number of nitrogens with zero attached hydrogens (tertiary/aromatic N) is 3. The molecule has 369 valence electrons. The molecule has 0 unspecified atom stereocenters. The number of pyridine rings is 1. The number of benzene rings is 7. The molecule has 0 fully saturated rings. The molecule has 10 rings (SSSR count). The van der Waals surface area contributed by atoms with Gasteiger partial charge in [-0.15, -0.1) is 53.6 Å². The van der Waals surface area contributed by atoms with Crippen LogP contribution in [0, 0.1) is 17.9 Å². The van der Waals surface area contributed by atoms with E-state index in [9.17, 15) is 4.39 Å². The van der Waals surface area contributed by atoms with Gasteiger partial charge in [-0.05, 0) is 116 Å². The molecule has 0 N–H and O–H groups in total. The van der Waals surface area contributed by atoms with Gasteiger partial charge in [0.15, 0.2) is 0 Å². The summed E-state index contributed by atoms with van der Waals surface area (Å²) in [5.74, 6) is 1.03. The predicted octanol–water partition coefficient (Wildman–Crippen LogP) is 17.8. The summed E-state index contributed by atoms with van der Waals surface area (Å²) in [7, 11) is -1.41. The average molecular weight is 1140 g/mol. The van der Waals surface area contributed by atoms with Crippen LogP contribution < -0.4 is 5.19 Å². The first kappa shape index (κ1) is 52.1. The third kappa shape index (κ3) is 10.6. The molecular weight excluding hydrogens is 1080 g/mol. The number of furan rings is 1. The van der Waals surface area contributed by atoms with Crippen molar-refractivity contribution in [1.29, 1.82) is 0 Å². The number of aromatic nitrogens is 3. The van der Waals surface area contributed by atoms with Gasteiger partial charge in [0.05, 0.1) is 30.5 Å². The van der Waals surface area contributed by atoms with Crippen molar-refractivity contribution in [2.45, 2.75) is 112 Å². The Kier molecular flexibility index (Phi) is 14.7. The Morgan fingerprint density at radius 3 is 1.90 bits per heavy atom. The Bertz CT molecular complexity index is 3480. The molecule has 0 saturated heterocycles. The van der Waals surface area contributed by atoms with Crippen LogP contribution in [0.1, 0.15) is 103 Å². The van der Waals surface area contributed by atoms with E-state index in [1.807, 2.05) is 42.6 Å². The Hall–Kier alpha value is -6.24. The zero-order valence-corrected chi connectivity index (χ0v) is 47.4. The monoisotopic (exact) mass is 1140 g/mol. The summed E-state index contributed by atoms with van der Waals surface area (Å²) in [6.45, 7) is 29.7. The van der Waals surface area contributed by atoms with Crippen molar-refractivity contribution >= 4 is 46.2 Å². The maximum atomic E-state index is 14.1. The summed E-state index contributed by atoms with van der Waals surface area (Å²) in [4.78, 5) is 9.82. The van der Waals surface area contributed by atoms with Gasteiger partial charge in [-0.1, -0.05) is 172 Å². The first-order chi connectivity index (χ1) is 33.7. The standard InChI is InChI=1S/C46H42FN2OSi.C19H24N.Ir/c1-28(2)39-25-33(30-18-21-35(22-19-30)51(5,6)7)26-40(29(3)4)44(39)49-42-17-9-8-16-41(42)48-46(49)38-15-11-14-37-36-23-20-32(27-43(36)50-45(37)38)31-12-10-13-34(47)24-31;1-18(2,3)15-9-7-8-14(12-15)17-13-16(10-11-20-17)19(4,5)6;/h8-14,16-29H,1-7H3;7,9-13H,1-6H3;/q2*-1;. The summed E-state index contributed by atoms with van der Waals surface area (Å²) < 4.78 is 23.2. The van der Waals surface area contributed by atoms with E-state index in [2.05, 4.69) is 202 Å². The van der Waals surface area contributed by atoms with Gasteiger partial charge in [0.25, 0.3) is 0 Å². The molecule has 0 atom stereocenters. The molecule has 0 spiro atoms. The average Bonchev–Trinajstić information content (AvgIpc) is 3.91. The SMILES string of the molecule is CC(C)(C)c1cc[c-]c(-c2cc(C(C)(C)C)ccn2)c1.CC(C)c1cc(-c2ccc([Si](C)(C)C)cc2)cc(C(C)C)c1-n1c(-c2[c-]ccc3c2oc2cc(-c4cccc(F)c4)ccc23)nc2ccccc21.[Ir]. The normalized spacial score (nSPS) is 12.2. The molecule has 72 heavy (non-hydrogen) atoms. The van der Waals surface area contributed by atoms with Gasteiger partial charge in [-0.3, -0.25) is 4.98 Å². The Balaban J connectivity index is 0.000000278. The van der Waals surface area contributed by atoms with Gasteiger partial charge in [0, 0.05) is 37.4 Å². The number of fused-ring (bicyclic) bond motifs is 4. The minimum atomic E-state index is -1.41. The fourth-order valence-corrected chi connectivity index (χ4v) is 10.6. The van der Waals surface area contributed by atoms with Crippen LogP contribution in [-0.2, 0) is 30.9 Å². The second kappa shape index (κ2) is 20.3. The molecule has 0 aliphatic rings. The van der Waals surface area contributed by atoms with Crippen molar-refractivity contribution in [2.75, 3.05) is 0 Å². The van der Waals surface area contributed by atoms with Crippen LogP contribution in [0.25, 0.3) is 83.6 Å². The van der Waals surface area contributed by atoms with Crippen LogP contribution in [0.15, 0.2) is 156 Å². The summed E-state index contributed by atoms with van der Waals surface area (Å²) in [5, 5.41) is 3.46. The van der Waals surface area contributed by atoms with Gasteiger partial charge in [0.2, 0.25) is 0 Å². The molecule has 7 aromatic carbocycles. The van der Waals surface area contributed by atoms with Crippen LogP contribution in [0.3, 0.4) is 0 Å². The second-order valence-corrected chi connectivity index (χ2v) is 27.8. The zero-order valence-electron chi connectivity index (χ0n) is 44.0. The second-order valence-electron chi connectivity index (χ2n) is 22.7. The number of hydrogen-bond acceptors (Lipinski definition) is 3.